The number of rotatable bonds is 10. The molecule has 0 fully saturated rings. The number of nitrogens with zero attached hydrogens (tertiary/aromatic N) is 2. The average molecular weight is 1180 g/mol. The van der Waals surface area contributed by atoms with Crippen LogP contribution >= 0.6 is 0 Å². The number of fused-ring (bicyclic) bond motifs is 12. The third-order valence-electron chi connectivity index (χ3n) is 18.1. The van der Waals surface area contributed by atoms with Gasteiger partial charge in [0, 0.05) is 65.8 Å². The summed E-state index contributed by atoms with van der Waals surface area (Å²) in [5.41, 5.74) is 19.8. The van der Waals surface area contributed by atoms with E-state index in [4.69, 9.17) is 8.83 Å². The van der Waals surface area contributed by atoms with Crippen molar-refractivity contribution in [2.45, 2.75) is 0 Å². The molecule has 0 amide bonds. The Morgan fingerprint density at radius 3 is 1.14 bits per heavy atom. The molecule has 2 heterocycles. The van der Waals surface area contributed by atoms with Gasteiger partial charge >= 0.3 is 0 Å². The number of hydrogen-bond acceptors (Lipinski definition) is 4. The van der Waals surface area contributed by atoms with E-state index in [2.05, 4.69) is 337 Å². The molecule has 0 atom stereocenters. The van der Waals surface area contributed by atoms with Crippen LogP contribution in [0.5, 0.6) is 0 Å². The average Bonchev–Trinajstić information content (AvgIpc) is 1.49. The van der Waals surface area contributed by atoms with Crippen LogP contribution in [-0.4, -0.2) is 0 Å². The van der Waals surface area contributed by atoms with Crippen molar-refractivity contribution < 1.29 is 8.83 Å². The maximum Gasteiger partial charge on any atom is 0.143 e. The molecule has 92 heavy (non-hydrogen) atoms. The third kappa shape index (κ3) is 9.75. The summed E-state index contributed by atoms with van der Waals surface area (Å²) in [5.74, 6) is 0. The summed E-state index contributed by atoms with van der Waals surface area (Å²) >= 11 is 0. The SMILES string of the molecule is c1ccc(-c2ccc(N(c3ccc(-c4cccc5ccccc45)cc3)c3cccc4c3ccc3c5ccccc5oc43)cc2)cc1.c1ccc(-c2cccc(N(c3ccc(-c4ccc5ccccc5c4)cc3)c3cccc4c3ccc3c5ccccc5oc43)c2)cc1. The molecule has 18 aromatic rings. The van der Waals surface area contributed by atoms with Crippen molar-refractivity contribution in [3.8, 4) is 44.5 Å². The van der Waals surface area contributed by atoms with Crippen molar-refractivity contribution in [2.24, 2.45) is 0 Å². The Kier molecular flexibility index (Phi) is 13.5. The zero-order chi connectivity index (χ0) is 60.9. The predicted octanol–water partition coefficient (Wildman–Crippen LogP) is 25.4. The molecule has 2 aromatic heterocycles. The van der Waals surface area contributed by atoms with E-state index < -0.39 is 0 Å². The first-order valence-corrected chi connectivity index (χ1v) is 31.4. The molecule has 0 aliphatic heterocycles. The Morgan fingerprint density at radius 2 is 0.554 bits per heavy atom. The van der Waals surface area contributed by atoms with Gasteiger partial charge < -0.3 is 18.6 Å². The smallest absolute Gasteiger partial charge is 0.143 e. The van der Waals surface area contributed by atoms with Gasteiger partial charge in [0.15, 0.2) is 0 Å². The van der Waals surface area contributed by atoms with Gasteiger partial charge in [-0.15, -0.1) is 0 Å². The van der Waals surface area contributed by atoms with E-state index >= 15 is 0 Å². The second-order valence-electron chi connectivity index (χ2n) is 23.5. The first-order valence-electron chi connectivity index (χ1n) is 31.4. The molecule has 0 radical (unpaired) electrons. The molecule has 0 bridgehead atoms. The molecule has 0 N–H and O–H groups in total. The minimum absolute atomic E-state index is 0.909. The fraction of sp³-hybridized carbons (Fsp3) is 0. The van der Waals surface area contributed by atoms with Gasteiger partial charge in [0.05, 0.1) is 11.4 Å². The maximum absolute atomic E-state index is 6.47. The van der Waals surface area contributed by atoms with Crippen molar-refractivity contribution in [3.63, 3.8) is 0 Å². The predicted molar refractivity (Wildman–Crippen MR) is 389 cm³/mol. The highest BCUT2D eigenvalue weighted by Crippen LogP contribution is 2.46. The monoisotopic (exact) mass is 1170 g/mol. The molecule has 18 rings (SSSR count). The van der Waals surface area contributed by atoms with E-state index in [1.165, 1.54) is 66.1 Å². The molecule has 0 saturated carbocycles. The van der Waals surface area contributed by atoms with Crippen LogP contribution in [0.3, 0.4) is 0 Å². The molecule has 0 saturated heterocycles. The standard InChI is InChI=1S/2C44H29NO/c1-2-10-30(11-3-1)31-20-24-34(25-21-31)45(35-26-22-33(23-27-35)37-16-8-13-32-12-4-5-14-36(32)37)42-18-9-17-40-38(42)28-29-41-39-15-6-7-19-43(39)46-44(40)41;1-2-10-30(11-3-1)34-14-8-15-37(29-34)45(36-24-22-32(23-25-36)35-21-20-31-12-4-5-13-33(31)28-35)42-18-9-17-40-38(42)26-27-41-39-16-6-7-19-43(39)46-44(40)41/h2*1-29H. The number of para-hydroxylation sites is 2. The molecule has 0 aliphatic rings. The zero-order valence-corrected chi connectivity index (χ0v) is 50.2. The van der Waals surface area contributed by atoms with Crippen molar-refractivity contribution in [3.05, 3.63) is 352 Å². The zero-order valence-electron chi connectivity index (χ0n) is 50.2. The van der Waals surface area contributed by atoms with Crippen molar-refractivity contribution in [1.82, 2.24) is 0 Å². The summed E-state index contributed by atoms with van der Waals surface area (Å²) in [5, 5.41) is 14.0. The summed E-state index contributed by atoms with van der Waals surface area (Å²) in [6, 6.07) is 125. The maximum atomic E-state index is 6.47. The second kappa shape index (κ2) is 23.0. The lowest BCUT2D eigenvalue weighted by atomic mass is 9.97. The molecule has 0 spiro atoms. The summed E-state index contributed by atoms with van der Waals surface area (Å²) in [6.07, 6.45) is 0. The highest BCUT2D eigenvalue weighted by molar-refractivity contribution is 6.19. The molecular weight excluding hydrogens is 1120 g/mol. The summed E-state index contributed by atoms with van der Waals surface area (Å²) in [6.45, 7) is 0. The van der Waals surface area contributed by atoms with Gasteiger partial charge in [-0.3, -0.25) is 0 Å². The van der Waals surface area contributed by atoms with Crippen LogP contribution < -0.4 is 9.80 Å². The third-order valence-corrected chi connectivity index (χ3v) is 18.1. The summed E-state index contributed by atoms with van der Waals surface area (Å²) < 4.78 is 12.9. The van der Waals surface area contributed by atoms with Gasteiger partial charge in [-0.05, 0) is 157 Å². The first-order chi connectivity index (χ1) is 45.6. The van der Waals surface area contributed by atoms with Gasteiger partial charge in [-0.25, -0.2) is 0 Å². The van der Waals surface area contributed by atoms with Crippen LogP contribution in [0, 0.1) is 0 Å². The van der Waals surface area contributed by atoms with Crippen LogP contribution in [0.25, 0.3) is 131 Å². The molecule has 432 valence electrons. The number of anilines is 6. The molecule has 0 aliphatic carbocycles. The van der Waals surface area contributed by atoms with E-state index in [1.54, 1.807) is 0 Å². The fourth-order valence-electron chi connectivity index (χ4n) is 13.6. The summed E-state index contributed by atoms with van der Waals surface area (Å²) in [4.78, 5) is 4.73. The molecule has 4 nitrogen and oxygen atoms in total. The lowest BCUT2D eigenvalue weighted by Gasteiger charge is -2.27. The van der Waals surface area contributed by atoms with Crippen LogP contribution in [0.15, 0.2) is 361 Å². The lowest BCUT2D eigenvalue weighted by molar-refractivity contribution is 0.672. The number of benzene rings is 16. The van der Waals surface area contributed by atoms with Crippen molar-refractivity contribution >= 4 is 121 Å². The van der Waals surface area contributed by atoms with Crippen LogP contribution in [0.4, 0.5) is 34.1 Å². The Hall–Kier alpha value is -12.2. The number of hydrogen-bond donors (Lipinski definition) is 0. The van der Waals surface area contributed by atoms with Gasteiger partial charge in [0.2, 0.25) is 0 Å². The van der Waals surface area contributed by atoms with Crippen molar-refractivity contribution in [2.75, 3.05) is 9.80 Å². The van der Waals surface area contributed by atoms with Gasteiger partial charge in [0.1, 0.15) is 22.3 Å². The minimum Gasteiger partial charge on any atom is -0.455 e. The van der Waals surface area contributed by atoms with Crippen molar-refractivity contribution in [1.29, 1.82) is 0 Å². The minimum atomic E-state index is 0.909. The van der Waals surface area contributed by atoms with Crippen LogP contribution in [-0.2, 0) is 0 Å². The van der Waals surface area contributed by atoms with E-state index in [0.717, 1.165) is 99.5 Å². The van der Waals surface area contributed by atoms with Crippen LogP contribution in [0.1, 0.15) is 0 Å². The molecular formula is C88H58N2O2. The lowest BCUT2D eigenvalue weighted by Crippen LogP contribution is -2.10. The number of furan rings is 2. The highest BCUT2D eigenvalue weighted by Gasteiger charge is 2.22. The van der Waals surface area contributed by atoms with E-state index in [9.17, 15) is 0 Å². The Labute approximate surface area is 533 Å². The molecule has 4 heteroatoms. The normalized spacial score (nSPS) is 11.5. The largest absolute Gasteiger partial charge is 0.455 e. The Balaban J connectivity index is 0.000000141. The molecule has 0 unspecified atom stereocenters. The Bertz CT molecular complexity index is 5750. The Morgan fingerprint density at radius 1 is 0.185 bits per heavy atom. The van der Waals surface area contributed by atoms with E-state index in [-0.39, 0.29) is 0 Å². The van der Waals surface area contributed by atoms with Gasteiger partial charge in [-0.2, -0.15) is 0 Å². The molecule has 16 aromatic carbocycles. The first kappa shape index (κ1) is 54.0. The highest BCUT2D eigenvalue weighted by atomic mass is 16.3. The second-order valence-corrected chi connectivity index (χ2v) is 23.5. The summed E-state index contributed by atoms with van der Waals surface area (Å²) in [7, 11) is 0. The van der Waals surface area contributed by atoms with E-state index in [0.29, 0.717) is 0 Å². The van der Waals surface area contributed by atoms with E-state index in [1.807, 2.05) is 24.3 Å². The van der Waals surface area contributed by atoms with Crippen LogP contribution in [0.2, 0.25) is 0 Å². The topological polar surface area (TPSA) is 32.8 Å². The fourth-order valence-corrected chi connectivity index (χ4v) is 13.6. The quantitative estimate of drug-likeness (QED) is 0.137. The van der Waals surface area contributed by atoms with Gasteiger partial charge in [-0.1, -0.05) is 261 Å². The van der Waals surface area contributed by atoms with Gasteiger partial charge in [0.25, 0.3) is 0 Å².